The smallest absolute Gasteiger partial charge is 0.240 e. The van der Waals surface area contributed by atoms with Crippen LogP contribution in [0.1, 0.15) is 52.6 Å². The quantitative estimate of drug-likeness (QED) is 0.830. The van der Waals surface area contributed by atoms with E-state index >= 15 is 0 Å². The van der Waals surface area contributed by atoms with E-state index in [1.165, 1.54) is 5.56 Å². The molecule has 1 aromatic heterocycles. The zero-order valence-electron chi connectivity index (χ0n) is 12.8. The van der Waals surface area contributed by atoms with E-state index in [2.05, 4.69) is 30.5 Å². The highest BCUT2D eigenvalue weighted by atomic mass is 16.2. The van der Waals surface area contributed by atoms with E-state index in [0.717, 1.165) is 13.0 Å². The predicted octanol–water partition coefficient (Wildman–Crippen LogP) is 2.46. The van der Waals surface area contributed by atoms with E-state index in [1.54, 1.807) is 0 Å². The first-order valence-electron chi connectivity index (χ1n) is 7.02. The van der Waals surface area contributed by atoms with Gasteiger partial charge in [-0.25, -0.2) is 0 Å². The Hall–Kier alpha value is -1.29. The van der Waals surface area contributed by atoms with Crippen molar-refractivity contribution in [3.63, 3.8) is 0 Å². The van der Waals surface area contributed by atoms with Gasteiger partial charge in [0, 0.05) is 24.0 Å². The average Bonchev–Trinajstić information content (AvgIpc) is 2.71. The molecule has 1 atom stereocenters. The SMILES string of the molecule is CCCNC(C)c1ccn(CC(=O)NC(C)(C)C)c1. The van der Waals surface area contributed by atoms with E-state index in [1.807, 2.05) is 37.7 Å². The number of carbonyl (C=O) groups is 1. The van der Waals surface area contributed by atoms with Crippen molar-refractivity contribution in [2.24, 2.45) is 0 Å². The van der Waals surface area contributed by atoms with Crippen molar-refractivity contribution in [2.45, 2.75) is 59.2 Å². The third kappa shape index (κ3) is 5.92. The molecule has 0 saturated carbocycles. The van der Waals surface area contributed by atoms with Crippen LogP contribution in [0.25, 0.3) is 0 Å². The van der Waals surface area contributed by atoms with Gasteiger partial charge in [0.05, 0.1) is 0 Å². The van der Waals surface area contributed by atoms with E-state index in [0.29, 0.717) is 12.6 Å². The van der Waals surface area contributed by atoms with Gasteiger partial charge in [-0.3, -0.25) is 4.79 Å². The Morgan fingerprint density at radius 3 is 2.68 bits per heavy atom. The summed E-state index contributed by atoms with van der Waals surface area (Å²) in [6, 6.07) is 2.39. The molecule has 0 bridgehead atoms. The molecule has 1 heterocycles. The summed E-state index contributed by atoms with van der Waals surface area (Å²) in [7, 11) is 0. The van der Waals surface area contributed by atoms with Crippen molar-refractivity contribution in [3.8, 4) is 0 Å². The predicted molar refractivity (Wildman–Crippen MR) is 79.0 cm³/mol. The van der Waals surface area contributed by atoms with Gasteiger partial charge in [0.2, 0.25) is 5.91 Å². The molecule has 1 amide bonds. The van der Waals surface area contributed by atoms with Crippen molar-refractivity contribution >= 4 is 5.91 Å². The van der Waals surface area contributed by atoms with Crippen molar-refractivity contribution in [3.05, 3.63) is 24.0 Å². The molecule has 4 nitrogen and oxygen atoms in total. The molecular formula is C15H27N3O. The second-order valence-corrected chi connectivity index (χ2v) is 6.09. The number of aromatic nitrogens is 1. The van der Waals surface area contributed by atoms with Crippen LogP contribution in [0, 0.1) is 0 Å². The summed E-state index contributed by atoms with van der Waals surface area (Å²) < 4.78 is 1.93. The highest BCUT2D eigenvalue weighted by Crippen LogP contribution is 2.12. The number of hydrogen-bond acceptors (Lipinski definition) is 2. The molecule has 0 radical (unpaired) electrons. The van der Waals surface area contributed by atoms with Crippen LogP contribution in [-0.2, 0) is 11.3 Å². The van der Waals surface area contributed by atoms with Gasteiger partial charge >= 0.3 is 0 Å². The Labute approximate surface area is 116 Å². The lowest BCUT2D eigenvalue weighted by Gasteiger charge is -2.20. The molecule has 0 aliphatic carbocycles. The highest BCUT2D eigenvalue weighted by molar-refractivity contribution is 5.76. The minimum Gasteiger partial charge on any atom is -0.350 e. The molecule has 4 heteroatoms. The molecule has 108 valence electrons. The molecule has 0 aliphatic rings. The lowest BCUT2D eigenvalue weighted by Crippen LogP contribution is -2.42. The maximum Gasteiger partial charge on any atom is 0.240 e. The fraction of sp³-hybridized carbons (Fsp3) is 0.667. The van der Waals surface area contributed by atoms with Gasteiger partial charge in [-0.2, -0.15) is 0 Å². The van der Waals surface area contributed by atoms with Crippen molar-refractivity contribution < 1.29 is 4.79 Å². The van der Waals surface area contributed by atoms with Gasteiger partial charge in [0.15, 0.2) is 0 Å². The summed E-state index contributed by atoms with van der Waals surface area (Å²) in [6.07, 6.45) is 5.12. The third-order valence-corrected chi connectivity index (χ3v) is 2.81. The number of amides is 1. The fourth-order valence-corrected chi connectivity index (χ4v) is 1.92. The van der Waals surface area contributed by atoms with Crippen LogP contribution >= 0.6 is 0 Å². The summed E-state index contributed by atoms with van der Waals surface area (Å²) in [4.78, 5) is 11.8. The van der Waals surface area contributed by atoms with Gasteiger partial charge in [0.1, 0.15) is 6.54 Å². The molecule has 0 fully saturated rings. The number of nitrogens with one attached hydrogen (secondary N) is 2. The molecule has 2 N–H and O–H groups in total. The highest BCUT2D eigenvalue weighted by Gasteiger charge is 2.14. The zero-order valence-corrected chi connectivity index (χ0v) is 12.8. The minimum absolute atomic E-state index is 0.0452. The average molecular weight is 265 g/mol. The van der Waals surface area contributed by atoms with Crippen LogP contribution in [-0.4, -0.2) is 22.6 Å². The fourth-order valence-electron chi connectivity index (χ4n) is 1.92. The first kappa shape index (κ1) is 15.8. The number of rotatable bonds is 6. The lowest BCUT2D eigenvalue weighted by atomic mass is 10.1. The third-order valence-electron chi connectivity index (χ3n) is 2.81. The van der Waals surface area contributed by atoms with Gasteiger partial charge in [-0.05, 0) is 52.3 Å². The molecular weight excluding hydrogens is 238 g/mol. The lowest BCUT2D eigenvalue weighted by molar-refractivity contribution is -0.123. The Morgan fingerprint density at radius 1 is 1.42 bits per heavy atom. The molecule has 19 heavy (non-hydrogen) atoms. The number of hydrogen-bond donors (Lipinski definition) is 2. The second kappa shape index (κ2) is 6.75. The molecule has 0 aromatic carbocycles. The first-order valence-corrected chi connectivity index (χ1v) is 7.02. The van der Waals surface area contributed by atoms with Crippen LogP contribution in [0.5, 0.6) is 0 Å². The van der Waals surface area contributed by atoms with Crippen molar-refractivity contribution in [1.82, 2.24) is 15.2 Å². The van der Waals surface area contributed by atoms with Crippen LogP contribution in [0.15, 0.2) is 18.5 Å². The topological polar surface area (TPSA) is 46.1 Å². The van der Waals surface area contributed by atoms with Crippen LogP contribution in [0.2, 0.25) is 0 Å². The van der Waals surface area contributed by atoms with Crippen molar-refractivity contribution in [1.29, 1.82) is 0 Å². The van der Waals surface area contributed by atoms with Gasteiger partial charge in [0.25, 0.3) is 0 Å². The molecule has 0 saturated heterocycles. The first-order chi connectivity index (χ1) is 8.81. The molecule has 1 rings (SSSR count). The zero-order chi connectivity index (χ0) is 14.5. The minimum atomic E-state index is -0.178. The van der Waals surface area contributed by atoms with Crippen LogP contribution in [0.4, 0.5) is 0 Å². The van der Waals surface area contributed by atoms with Gasteiger partial charge < -0.3 is 15.2 Å². The molecule has 1 aromatic rings. The molecule has 0 aliphatic heterocycles. The summed E-state index contributed by atoms with van der Waals surface area (Å²) in [6.45, 7) is 11.6. The summed E-state index contributed by atoms with van der Waals surface area (Å²) >= 11 is 0. The Morgan fingerprint density at radius 2 is 2.11 bits per heavy atom. The maximum absolute atomic E-state index is 11.8. The largest absolute Gasteiger partial charge is 0.350 e. The standard InChI is InChI=1S/C15H27N3O/c1-6-8-16-12(2)13-7-9-18(10-13)11-14(19)17-15(3,4)5/h7,9-10,12,16H,6,8,11H2,1-5H3,(H,17,19). The molecule has 1 unspecified atom stereocenters. The maximum atomic E-state index is 11.8. The number of nitrogens with zero attached hydrogens (tertiary/aromatic N) is 1. The second-order valence-electron chi connectivity index (χ2n) is 6.09. The van der Waals surface area contributed by atoms with E-state index in [-0.39, 0.29) is 11.4 Å². The van der Waals surface area contributed by atoms with E-state index in [4.69, 9.17) is 0 Å². The van der Waals surface area contributed by atoms with Gasteiger partial charge in [-0.15, -0.1) is 0 Å². The summed E-state index contributed by atoms with van der Waals surface area (Å²) in [5.41, 5.74) is 1.04. The Bertz CT molecular complexity index is 404. The van der Waals surface area contributed by atoms with Crippen LogP contribution < -0.4 is 10.6 Å². The monoisotopic (exact) mass is 265 g/mol. The van der Waals surface area contributed by atoms with Crippen LogP contribution in [0.3, 0.4) is 0 Å². The molecule has 0 spiro atoms. The Balaban J connectivity index is 2.53. The normalized spacial score (nSPS) is 13.3. The van der Waals surface area contributed by atoms with E-state index < -0.39 is 0 Å². The summed E-state index contributed by atoms with van der Waals surface area (Å²) in [5, 5.41) is 6.40. The van der Waals surface area contributed by atoms with Crippen molar-refractivity contribution in [2.75, 3.05) is 6.54 Å². The van der Waals surface area contributed by atoms with Gasteiger partial charge in [-0.1, -0.05) is 6.92 Å². The summed E-state index contributed by atoms with van der Waals surface area (Å²) in [5.74, 6) is 0.0452. The Kier molecular flexibility index (Phi) is 5.60. The number of carbonyl (C=O) groups excluding carboxylic acids is 1. The van der Waals surface area contributed by atoms with E-state index in [9.17, 15) is 4.79 Å².